The number of aliphatic hydroxyl groups is 1. The van der Waals surface area contributed by atoms with Crippen molar-refractivity contribution in [3.05, 3.63) is 53.5 Å². The molecule has 1 saturated heterocycles. The molecule has 4 N–H and O–H groups in total. The number of halogens is 1. The van der Waals surface area contributed by atoms with Gasteiger partial charge in [-0.3, -0.25) is 4.79 Å². The van der Waals surface area contributed by atoms with Crippen LogP contribution >= 0.6 is 0 Å². The fourth-order valence-corrected chi connectivity index (χ4v) is 6.79. The summed E-state index contributed by atoms with van der Waals surface area (Å²) in [4.78, 5) is 19.5. The standard InChI is InChI=1S/C30H39FN6O2/c1-3-22-18-34(12-7-13-38)25-10-5-8-19-16-26(37(22)27(19)25)29-33-24-15-20(14-23(31)28(24)36(29)4-2)30(39)35-11-6-9-21(32)17-35/h5,8,10,14-16,21-22,29,33,38H,3-4,6-7,9,11-13,17-18,32H2,1-2H3. The highest BCUT2D eigenvalue weighted by atomic mass is 19.1. The summed E-state index contributed by atoms with van der Waals surface area (Å²) in [6.07, 6.45) is 3.20. The van der Waals surface area contributed by atoms with E-state index in [1.165, 1.54) is 17.3 Å². The highest BCUT2D eigenvalue weighted by molar-refractivity contribution is 5.98. The van der Waals surface area contributed by atoms with E-state index in [9.17, 15) is 9.90 Å². The van der Waals surface area contributed by atoms with Crippen molar-refractivity contribution < 1.29 is 14.3 Å². The molecule has 1 fully saturated rings. The quantitative estimate of drug-likeness (QED) is 0.415. The molecule has 6 rings (SSSR count). The van der Waals surface area contributed by atoms with Crippen LogP contribution < -0.4 is 20.9 Å². The molecular formula is C30H39FN6O2. The van der Waals surface area contributed by atoms with Gasteiger partial charge in [0.05, 0.1) is 34.3 Å². The number of carbonyl (C=O) groups is 1. The van der Waals surface area contributed by atoms with E-state index in [4.69, 9.17) is 5.73 Å². The number of carbonyl (C=O) groups excluding carboxylic acids is 1. The van der Waals surface area contributed by atoms with Gasteiger partial charge in [0.15, 0.2) is 0 Å². The lowest BCUT2D eigenvalue weighted by molar-refractivity contribution is 0.0708. The summed E-state index contributed by atoms with van der Waals surface area (Å²) in [7, 11) is 0. The number of hydrogen-bond acceptors (Lipinski definition) is 6. The number of amides is 1. The fraction of sp³-hybridized carbons (Fsp3) is 0.500. The average Bonchev–Trinajstić information content (AvgIpc) is 3.52. The Labute approximate surface area is 229 Å². The van der Waals surface area contributed by atoms with E-state index in [0.29, 0.717) is 36.6 Å². The summed E-state index contributed by atoms with van der Waals surface area (Å²) in [5.41, 5.74) is 11.1. The molecule has 0 radical (unpaired) electrons. The number of nitrogens with two attached hydrogens (primary N) is 1. The molecule has 3 aliphatic heterocycles. The Balaban J connectivity index is 1.39. The van der Waals surface area contributed by atoms with Gasteiger partial charge < -0.3 is 35.4 Å². The second-order valence-electron chi connectivity index (χ2n) is 11.1. The number of fused-ring (bicyclic) bond motifs is 1. The Morgan fingerprint density at radius 2 is 2.05 bits per heavy atom. The predicted molar refractivity (Wildman–Crippen MR) is 154 cm³/mol. The highest BCUT2D eigenvalue weighted by Gasteiger charge is 2.38. The first-order valence-electron chi connectivity index (χ1n) is 14.4. The van der Waals surface area contributed by atoms with Crippen LogP contribution in [0.2, 0.25) is 0 Å². The average molecular weight is 535 g/mol. The SMILES string of the molecule is CCC1CN(CCCO)c2cccc3cc(C4Nc5cc(C(=O)N6CCCC(N)C6)cc(F)c5N4CC)n1c23. The molecule has 0 spiro atoms. The molecule has 9 heteroatoms. The van der Waals surface area contributed by atoms with E-state index in [-0.39, 0.29) is 36.6 Å². The Morgan fingerprint density at radius 1 is 1.21 bits per heavy atom. The van der Waals surface area contributed by atoms with E-state index < -0.39 is 0 Å². The number of piperidine rings is 1. The van der Waals surface area contributed by atoms with Crippen LogP contribution in [0, 0.1) is 5.82 Å². The molecule has 4 heterocycles. The monoisotopic (exact) mass is 534 g/mol. The van der Waals surface area contributed by atoms with Gasteiger partial charge in [0.25, 0.3) is 5.91 Å². The van der Waals surface area contributed by atoms with Gasteiger partial charge in [0.1, 0.15) is 12.0 Å². The molecule has 3 aromatic rings. The number of aliphatic hydroxyl groups excluding tert-OH is 1. The maximum Gasteiger partial charge on any atom is 0.254 e. The zero-order valence-corrected chi connectivity index (χ0v) is 22.9. The smallest absolute Gasteiger partial charge is 0.254 e. The molecule has 0 aliphatic carbocycles. The molecule has 1 amide bonds. The van der Waals surface area contributed by atoms with Crippen LogP contribution in [-0.4, -0.2) is 65.9 Å². The van der Waals surface area contributed by atoms with Gasteiger partial charge in [-0.1, -0.05) is 19.1 Å². The van der Waals surface area contributed by atoms with E-state index >= 15 is 4.39 Å². The van der Waals surface area contributed by atoms with E-state index in [0.717, 1.165) is 49.9 Å². The molecule has 39 heavy (non-hydrogen) atoms. The predicted octanol–water partition coefficient (Wildman–Crippen LogP) is 4.45. The number of likely N-dealkylation sites (tertiary alicyclic amines) is 1. The number of rotatable bonds is 7. The molecule has 3 aliphatic rings. The third kappa shape index (κ3) is 4.32. The molecule has 2 aromatic carbocycles. The van der Waals surface area contributed by atoms with Crippen molar-refractivity contribution in [3.63, 3.8) is 0 Å². The van der Waals surface area contributed by atoms with Crippen molar-refractivity contribution in [3.8, 4) is 0 Å². The summed E-state index contributed by atoms with van der Waals surface area (Å²) in [6, 6.07) is 12.0. The van der Waals surface area contributed by atoms with E-state index in [1.54, 1.807) is 4.90 Å². The normalized spacial score (nSPS) is 22.4. The number of nitrogens with one attached hydrogen (secondary N) is 1. The molecule has 1 aromatic heterocycles. The number of anilines is 3. The minimum absolute atomic E-state index is 0.0310. The fourth-order valence-electron chi connectivity index (χ4n) is 6.79. The topological polar surface area (TPSA) is 90.0 Å². The van der Waals surface area contributed by atoms with Crippen molar-refractivity contribution in [1.82, 2.24) is 9.47 Å². The lowest BCUT2D eigenvalue weighted by Gasteiger charge is -2.38. The molecule has 208 valence electrons. The zero-order chi connectivity index (χ0) is 27.3. The largest absolute Gasteiger partial charge is 0.396 e. The Bertz CT molecular complexity index is 1390. The summed E-state index contributed by atoms with van der Waals surface area (Å²) in [6.45, 7) is 7.86. The molecular weight excluding hydrogens is 495 g/mol. The van der Waals surface area contributed by atoms with Crippen molar-refractivity contribution in [2.75, 3.05) is 54.4 Å². The molecule has 0 saturated carbocycles. The third-order valence-electron chi connectivity index (χ3n) is 8.63. The number of aromatic nitrogens is 1. The van der Waals surface area contributed by atoms with Crippen molar-refractivity contribution >= 4 is 33.9 Å². The lowest BCUT2D eigenvalue weighted by Crippen LogP contribution is -2.45. The van der Waals surface area contributed by atoms with Crippen LogP contribution in [0.5, 0.6) is 0 Å². The van der Waals surface area contributed by atoms with Gasteiger partial charge in [-0.25, -0.2) is 4.39 Å². The van der Waals surface area contributed by atoms with Crippen LogP contribution in [-0.2, 0) is 0 Å². The second kappa shape index (κ2) is 10.4. The first kappa shape index (κ1) is 26.0. The summed E-state index contributed by atoms with van der Waals surface area (Å²) < 4.78 is 18.2. The zero-order valence-electron chi connectivity index (χ0n) is 22.9. The third-order valence-corrected chi connectivity index (χ3v) is 8.63. The van der Waals surface area contributed by atoms with Gasteiger partial charge in [-0.2, -0.15) is 0 Å². The van der Waals surface area contributed by atoms with E-state index in [1.807, 2.05) is 13.0 Å². The van der Waals surface area contributed by atoms with Crippen LogP contribution in [0.1, 0.15) is 67.8 Å². The maximum absolute atomic E-state index is 15.7. The number of benzene rings is 2. The maximum atomic E-state index is 15.7. The van der Waals surface area contributed by atoms with E-state index in [2.05, 4.69) is 50.9 Å². The number of nitrogens with zero attached hydrogens (tertiary/aromatic N) is 4. The van der Waals surface area contributed by atoms with Crippen LogP contribution in [0.25, 0.3) is 10.9 Å². The van der Waals surface area contributed by atoms with Crippen LogP contribution in [0.15, 0.2) is 36.4 Å². The Hall–Kier alpha value is -3.30. The number of para-hydroxylation sites is 1. The highest BCUT2D eigenvalue weighted by Crippen LogP contribution is 2.47. The summed E-state index contributed by atoms with van der Waals surface area (Å²) in [5.74, 6) is -0.547. The Kier molecular flexibility index (Phi) is 6.89. The minimum Gasteiger partial charge on any atom is -0.396 e. The first-order chi connectivity index (χ1) is 18.9. The van der Waals surface area contributed by atoms with Gasteiger partial charge >= 0.3 is 0 Å². The minimum atomic E-state index is -0.383. The van der Waals surface area contributed by atoms with Crippen molar-refractivity contribution in [2.45, 2.75) is 57.8 Å². The van der Waals surface area contributed by atoms with Gasteiger partial charge in [0, 0.05) is 56.3 Å². The molecule has 3 unspecified atom stereocenters. The summed E-state index contributed by atoms with van der Waals surface area (Å²) >= 11 is 0. The van der Waals surface area contributed by atoms with Crippen molar-refractivity contribution in [2.24, 2.45) is 5.73 Å². The molecule has 3 atom stereocenters. The molecule has 0 bridgehead atoms. The van der Waals surface area contributed by atoms with Gasteiger partial charge in [-0.15, -0.1) is 0 Å². The van der Waals surface area contributed by atoms with Gasteiger partial charge in [-0.05, 0) is 56.9 Å². The van der Waals surface area contributed by atoms with Crippen LogP contribution in [0.3, 0.4) is 0 Å². The van der Waals surface area contributed by atoms with Crippen LogP contribution in [0.4, 0.5) is 21.5 Å². The number of hydrogen-bond donors (Lipinski definition) is 3. The first-order valence-corrected chi connectivity index (χ1v) is 14.4. The molecule has 8 nitrogen and oxygen atoms in total. The Morgan fingerprint density at radius 3 is 2.79 bits per heavy atom. The summed E-state index contributed by atoms with van der Waals surface area (Å²) in [5, 5.41) is 14.2. The second-order valence-corrected chi connectivity index (χ2v) is 11.1. The van der Waals surface area contributed by atoms with Gasteiger partial charge in [0.2, 0.25) is 0 Å². The lowest BCUT2D eigenvalue weighted by atomic mass is 10.0. The van der Waals surface area contributed by atoms with Crippen molar-refractivity contribution in [1.29, 1.82) is 0 Å².